The number of benzene rings is 4. The Balaban J connectivity index is 1.31. The Morgan fingerprint density at radius 3 is 2.39 bits per heavy atom. The highest BCUT2D eigenvalue weighted by molar-refractivity contribution is 6.07. The van der Waals surface area contributed by atoms with Crippen molar-refractivity contribution in [3.8, 4) is 11.5 Å². The minimum atomic E-state index is -0.529. The number of esters is 1. The molecule has 5 heteroatoms. The van der Waals surface area contributed by atoms with E-state index in [1.807, 2.05) is 61.5 Å². The average Bonchev–Trinajstić information content (AvgIpc) is 3.26. The topological polar surface area (TPSA) is 65.7 Å². The summed E-state index contributed by atoms with van der Waals surface area (Å²) in [7, 11) is 0. The van der Waals surface area contributed by atoms with Gasteiger partial charge in [0.2, 0.25) is 0 Å². The predicted octanol–water partition coefficient (Wildman–Crippen LogP) is 7.74. The fraction of sp³-hybridized carbons (Fsp3) is 0.0909. The first-order chi connectivity index (χ1) is 18.5. The summed E-state index contributed by atoms with van der Waals surface area (Å²) in [6.45, 7) is 4.12. The largest absolute Gasteiger partial charge is 0.489 e. The second kappa shape index (κ2) is 11.0. The summed E-state index contributed by atoms with van der Waals surface area (Å²) in [5.41, 5.74) is 4.42. The van der Waals surface area contributed by atoms with Gasteiger partial charge in [0.1, 0.15) is 35.0 Å². The predicted molar refractivity (Wildman–Crippen MR) is 148 cm³/mol. The van der Waals surface area contributed by atoms with Crippen LogP contribution in [0.15, 0.2) is 108 Å². The van der Waals surface area contributed by atoms with Crippen LogP contribution in [0.25, 0.3) is 17.0 Å². The number of hydrogen-bond donors (Lipinski definition) is 0. The van der Waals surface area contributed by atoms with E-state index in [2.05, 4.69) is 0 Å². The number of carbonyl (C=O) groups excluding carboxylic acids is 2. The number of ether oxygens (including phenoxy) is 2. The lowest BCUT2D eigenvalue weighted by molar-refractivity contribution is 0.0734. The number of carbonyl (C=O) groups is 2. The van der Waals surface area contributed by atoms with Crippen LogP contribution in [0.2, 0.25) is 0 Å². The van der Waals surface area contributed by atoms with Crippen LogP contribution in [0, 0.1) is 13.8 Å². The summed E-state index contributed by atoms with van der Waals surface area (Å²) in [6.07, 6.45) is 3.21. The molecular formula is C33H26O5. The molecule has 0 saturated carbocycles. The van der Waals surface area contributed by atoms with Crippen molar-refractivity contribution in [3.05, 3.63) is 137 Å². The molecule has 1 heterocycles. The van der Waals surface area contributed by atoms with Crippen LogP contribution < -0.4 is 9.47 Å². The van der Waals surface area contributed by atoms with Crippen LogP contribution in [-0.2, 0) is 6.61 Å². The Morgan fingerprint density at radius 2 is 1.61 bits per heavy atom. The van der Waals surface area contributed by atoms with Crippen molar-refractivity contribution in [2.75, 3.05) is 0 Å². The van der Waals surface area contributed by atoms with Crippen LogP contribution in [-0.4, -0.2) is 11.8 Å². The molecule has 0 aliphatic heterocycles. The third kappa shape index (κ3) is 5.73. The van der Waals surface area contributed by atoms with Crippen LogP contribution in [0.3, 0.4) is 0 Å². The number of furan rings is 1. The van der Waals surface area contributed by atoms with E-state index in [9.17, 15) is 9.59 Å². The average molecular weight is 503 g/mol. The fourth-order valence-electron chi connectivity index (χ4n) is 4.11. The lowest BCUT2D eigenvalue weighted by Gasteiger charge is -2.07. The number of hydrogen-bond acceptors (Lipinski definition) is 5. The molecule has 0 amide bonds. The number of aryl methyl sites for hydroxylation is 2. The zero-order valence-electron chi connectivity index (χ0n) is 21.1. The van der Waals surface area contributed by atoms with E-state index in [0.717, 1.165) is 16.7 Å². The van der Waals surface area contributed by atoms with Crippen molar-refractivity contribution in [2.24, 2.45) is 0 Å². The molecule has 0 spiro atoms. The van der Waals surface area contributed by atoms with Gasteiger partial charge in [-0.2, -0.15) is 0 Å². The lowest BCUT2D eigenvalue weighted by Crippen LogP contribution is -2.09. The first-order valence-corrected chi connectivity index (χ1v) is 12.3. The Morgan fingerprint density at radius 1 is 0.816 bits per heavy atom. The maximum Gasteiger partial charge on any atom is 0.347 e. The molecule has 0 atom stereocenters. The van der Waals surface area contributed by atoms with Gasteiger partial charge < -0.3 is 13.9 Å². The second-order valence-corrected chi connectivity index (χ2v) is 8.99. The maximum atomic E-state index is 13.2. The van der Waals surface area contributed by atoms with Gasteiger partial charge in [-0.25, -0.2) is 4.79 Å². The highest BCUT2D eigenvalue weighted by Crippen LogP contribution is 2.30. The SMILES string of the molecule is Cc1ccc(C(=O)C=Cc2cccc(OC(=O)c3c(C)oc4ccc(OCc5ccccc5)cc34)c2)cc1. The third-order valence-corrected chi connectivity index (χ3v) is 6.12. The van der Waals surface area contributed by atoms with E-state index in [0.29, 0.717) is 46.0 Å². The van der Waals surface area contributed by atoms with Crippen molar-refractivity contribution in [3.63, 3.8) is 0 Å². The van der Waals surface area contributed by atoms with Crippen molar-refractivity contribution in [2.45, 2.75) is 20.5 Å². The zero-order valence-corrected chi connectivity index (χ0v) is 21.1. The van der Waals surface area contributed by atoms with E-state index in [1.165, 1.54) is 6.08 Å². The molecule has 0 N–H and O–H groups in total. The molecule has 5 rings (SSSR count). The summed E-state index contributed by atoms with van der Waals surface area (Å²) in [4.78, 5) is 25.7. The van der Waals surface area contributed by atoms with Gasteiger partial charge in [-0.1, -0.05) is 78.4 Å². The molecule has 0 unspecified atom stereocenters. The summed E-state index contributed by atoms with van der Waals surface area (Å²) < 4.78 is 17.4. The lowest BCUT2D eigenvalue weighted by atomic mass is 10.1. The van der Waals surface area contributed by atoms with E-state index >= 15 is 0 Å². The Bertz CT molecular complexity index is 1630. The molecule has 0 fully saturated rings. The quantitative estimate of drug-likeness (QED) is 0.0939. The Kier molecular flexibility index (Phi) is 7.18. The summed E-state index contributed by atoms with van der Waals surface area (Å²) in [5.74, 6) is 0.827. The molecule has 0 aliphatic carbocycles. The number of fused-ring (bicyclic) bond motifs is 1. The molecule has 4 aromatic carbocycles. The van der Waals surface area contributed by atoms with Crippen molar-refractivity contribution >= 4 is 28.8 Å². The normalized spacial score (nSPS) is 11.1. The number of ketones is 1. The molecule has 38 heavy (non-hydrogen) atoms. The number of allylic oxidation sites excluding steroid dienone is 1. The summed E-state index contributed by atoms with van der Waals surface area (Å²) >= 11 is 0. The van der Waals surface area contributed by atoms with Crippen molar-refractivity contribution in [1.82, 2.24) is 0 Å². The molecule has 5 nitrogen and oxygen atoms in total. The first-order valence-electron chi connectivity index (χ1n) is 12.3. The number of rotatable bonds is 8. The van der Waals surface area contributed by atoms with E-state index in [4.69, 9.17) is 13.9 Å². The minimum Gasteiger partial charge on any atom is -0.489 e. The minimum absolute atomic E-state index is 0.0989. The van der Waals surface area contributed by atoms with Gasteiger partial charge >= 0.3 is 5.97 Å². The molecule has 1 aromatic heterocycles. The van der Waals surface area contributed by atoms with Gasteiger partial charge in [-0.05, 0) is 61.4 Å². The third-order valence-electron chi connectivity index (χ3n) is 6.12. The van der Waals surface area contributed by atoms with Gasteiger partial charge in [-0.15, -0.1) is 0 Å². The van der Waals surface area contributed by atoms with E-state index in [1.54, 1.807) is 55.5 Å². The molecule has 188 valence electrons. The van der Waals surface area contributed by atoms with E-state index < -0.39 is 5.97 Å². The smallest absolute Gasteiger partial charge is 0.347 e. The molecule has 5 aromatic rings. The Labute approximate surface area is 220 Å². The molecule has 0 radical (unpaired) electrons. The molecule has 0 aliphatic rings. The van der Waals surface area contributed by atoms with E-state index in [-0.39, 0.29) is 5.78 Å². The second-order valence-electron chi connectivity index (χ2n) is 8.99. The molecule has 0 bridgehead atoms. The summed E-state index contributed by atoms with van der Waals surface area (Å²) in [6, 6.07) is 29.7. The monoisotopic (exact) mass is 502 g/mol. The van der Waals surface area contributed by atoms with Gasteiger partial charge in [0, 0.05) is 10.9 Å². The highest BCUT2D eigenvalue weighted by atomic mass is 16.5. The van der Waals surface area contributed by atoms with Crippen molar-refractivity contribution < 1.29 is 23.5 Å². The van der Waals surface area contributed by atoms with Crippen LogP contribution in [0.1, 0.15) is 43.2 Å². The summed E-state index contributed by atoms with van der Waals surface area (Å²) in [5, 5.41) is 0.623. The van der Waals surface area contributed by atoms with Gasteiger partial charge in [-0.3, -0.25) is 4.79 Å². The Hall–Kier alpha value is -4.90. The highest BCUT2D eigenvalue weighted by Gasteiger charge is 2.21. The molecular weight excluding hydrogens is 476 g/mol. The standard InChI is InChI=1S/C33H26O5/c1-22-11-14-26(15-12-22)30(34)17-13-24-9-6-10-28(19-24)38-33(35)32-23(2)37-31-18-16-27(20-29(31)32)36-21-25-7-4-3-5-8-25/h3-20H,21H2,1-2H3. The maximum absolute atomic E-state index is 13.2. The first kappa shape index (κ1) is 24.8. The van der Waals surface area contributed by atoms with Crippen molar-refractivity contribution in [1.29, 1.82) is 0 Å². The zero-order chi connectivity index (χ0) is 26.5. The van der Waals surface area contributed by atoms with Crippen LogP contribution in [0.5, 0.6) is 11.5 Å². The van der Waals surface area contributed by atoms with Gasteiger partial charge in [0.05, 0.1) is 0 Å². The van der Waals surface area contributed by atoms with Crippen LogP contribution in [0.4, 0.5) is 0 Å². The molecule has 0 saturated heterocycles. The fourth-order valence-corrected chi connectivity index (χ4v) is 4.11. The van der Waals surface area contributed by atoms with Gasteiger partial charge in [0.25, 0.3) is 0 Å². The van der Waals surface area contributed by atoms with Crippen LogP contribution >= 0.6 is 0 Å². The van der Waals surface area contributed by atoms with Gasteiger partial charge in [0.15, 0.2) is 5.78 Å².